The van der Waals surface area contributed by atoms with E-state index >= 15 is 0 Å². The standard InChI is InChI=1S/C18H46N2P4Si2/c1-15(2)19(16(3)4)21-23(25(9,10)11)22(24(21)26(12,13)14)20(17(5)6)18(7)8/h15-18H,1-14H3. The van der Waals surface area contributed by atoms with Crippen LogP contribution in [-0.4, -0.2) is 49.0 Å². The van der Waals surface area contributed by atoms with Gasteiger partial charge in [-0.15, -0.1) is 0 Å². The summed E-state index contributed by atoms with van der Waals surface area (Å²) in [6.45, 7) is 36.2. The average Bonchev–Trinajstić information content (AvgIpc) is 2.30. The van der Waals surface area contributed by atoms with Crippen LogP contribution < -0.4 is 0 Å². The van der Waals surface area contributed by atoms with Crippen LogP contribution in [0.1, 0.15) is 55.4 Å². The normalized spacial score (nSPS) is 28.2. The summed E-state index contributed by atoms with van der Waals surface area (Å²) in [7, 11) is -2.09. The summed E-state index contributed by atoms with van der Waals surface area (Å²) in [5.74, 6) is 0. The number of hydrogen-bond acceptors (Lipinski definition) is 2. The van der Waals surface area contributed by atoms with E-state index in [4.69, 9.17) is 0 Å². The molecule has 1 saturated heterocycles. The van der Waals surface area contributed by atoms with Gasteiger partial charge < -0.3 is 0 Å². The highest BCUT2D eigenvalue weighted by atomic mass is 33.1. The zero-order valence-corrected chi connectivity index (χ0v) is 25.6. The second-order valence-electron chi connectivity index (χ2n) is 10.6. The predicted molar refractivity (Wildman–Crippen MR) is 139 cm³/mol. The molecule has 0 aromatic heterocycles. The Balaban J connectivity index is 3.53. The molecule has 26 heavy (non-hydrogen) atoms. The summed E-state index contributed by atoms with van der Waals surface area (Å²) in [5, 5.41) is 0. The van der Waals surface area contributed by atoms with Crippen molar-refractivity contribution in [2.75, 3.05) is 0 Å². The van der Waals surface area contributed by atoms with Gasteiger partial charge in [0.2, 0.25) is 0 Å². The highest BCUT2D eigenvalue weighted by molar-refractivity contribution is 9.17. The molecule has 1 heterocycles. The Kier molecular flexibility index (Phi) is 9.52. The van der Waals surface area contributed by atoms with Crippen molar-refractivity contribution in [1.29, 1.82) is 0 Å². The largest absolute Gasteiger partial charge is 0.270 e. The molecule has 1 fully saturated rings. The van der Waals surface area contributed by atoms with E-state index in [9.17, 15) is 0 Å². The Morgan fingerprint density at radius 2 is 0.654 bits per heavy atom. The highest BCUT2D eigenvalue weighted by Crippen LogP contribution is 3.24. The Morgan fingerprint density at radius 1 is 0.462 bits per heavy atom. The lowest BCUT2D eigenvalue weighted by Crippen LogP contribution is -2.42. The van der Waals surface area contributed by atoms with Crippen molar-refractivity contribution in [3.63, 3.8) is 0 Å². The molecule has 1 aliphatic heterocycles. The zero-order valence-electron chi connectivity index (χ0n) is 20.0. The van der Waals surface area contributed by atoms with Gasteiger partial charge in [-0.3, -0.25) is 9.34 Å². The Labute approximate surface area is 172 Å². The van der Waals surface area contributed by atoms with Gasteiger partial charge in [-0.2, -0.15) is 0 Å². The summed E-state index contributed by atoms with van der Waals surface area (Å²) >= 11 is 0. The van der Waals surface area contributed by atoms with Gasteiger partial charge in [-0.1, -0.05) is 39.3 Å². The fourth-order valence-electron chi connectivity index (χ4n) is 3.76. The summed E-state index contributed by atoms with van der Waals surface area (Å²) < 4.78 is 6.06. The molecule has 0 bridgehead atoms. The van der Waals surface area contributed by atoms with Gasteiger partial charge in [0.15, 0.2) is 0 Å². The molecule has 156 valence electrons. The fraction of sp³-hybridized carbons (Fsp3) is 1.00. The zero-order chi connectivity index (χ0) is 20.8. The lowest BCUT2D eigenvalue weighted by atomic mass is 10.3. The number of nitrogens with zero attached hydrogens (tertiary/aromatic N) is 2. The second kappa shape index (κ2) is 9.48. The molecule has 0 N–H and O–H groups in total. The first-order chi connectivity index (χ1) is 11.5. The molecule has 1 aliphatic rings. The van der Waals surface area contributed by atoms with Gasteiger partial charge in [0.25, 0.3) is 0 Å². The quantitative estimate of drug-likeness (QED) is 0.257. The SMILES string of the molecule is CC(C)N(C(C)C)P1P([Si](C)(C)C)P(N(C(C)C)C(C)C)P1[Si](C)(C)C. The van der Waals surface area contributed by atoms with Gasteiger partial charge >= 0.3 is 0 Å². The molecule has 0 saturated carbocycles. The fourth-order valence-corrected chi connectivity index (χ4v) is 117. The molecule has 2 nitrogen and oxygen atoms in total. The third kappa shape index (κ3) is 5.61. The minimum Gasteiger partial charge on any atom is -0.270 e. The molecule has 0 amide bonds. The van der Waals surface area contributed by atoms with Crippen molar-refractivity contribution in [1.82, 2.24) is 9.34 Å². The van der Waals surface area contributed by atoms with Crippen molar-refractivity contribution >= 4 is 44.1 Å². The maximum absolute atomic E-state index is 3.03. The average molecular weight is 471 g/mol. The molecule has 0 unspecified atom stereocenters. The first-order valence-corrected chi connectivity index (χ1v) is 27.1. The molecule has 0 aliphatic carbocycles. The lowest BCUT2D eigenvalue weighted by molar-refractivity contribution is 0.327. The van der Waals surface area contributed by atoms with Crippen LogP contribution in [0.5, 0.6) is 0 Å². The highest BCUT2D eigenvalue weighted by Gasteiger charge is 2.63. The first-order valence-electron chi connectivity index (χ1n) is 10.3. The van der Waals surface area contributed by atoms with Gasteiger partial charge in [-0.05, 0) is 69.1 Å². The predicted octanol–water partition coefficient (Wildman–Crippen LogP) is 9.33. The summed E-state index contributed by atoms with van der Waals surface area (Å²) in [5.41, 5.74) is 0. The van der Waals surface area contributed by atoms with Gasteiger partial charge in [0.1, 0.15) is 0 Å². The van der Waals surface area contributed by atoms with E-state index in [0.29, 0.717) is 24.2 Å². The minimum absolute atomic E-state index is 0.109. The molecular formula is C18H46N2P4Si2. The van der Waals surface area contributed by atoms with Crippen molar-refractivity contribution in [3.05, 3.63) is 0 Å². The third-order valence-corrected chi connectivity index (χ3v) is 76.7. The Morgan fingerprint density at radius 3 is 0.769 bits per heavy atom. The van der Waals surface area contributed by atoms with E-state index in [1.165, 1.54) is 0 Å². The third-order valence-electron chi connectivity index (χ3n) is 4.41. The molecule has 0 aromatic carbocycles. The van der Waals surface area contributed by atoms with Crippen LogP contribution in [-0.2, 0) is 0 Å². The Bertz CT molecular complexity index is 395. The summed E-state index contributed by atoms with van der Waals surface area (Å²) in [6, 6.07) is 2.81. The maximum Gasteiger partial charge on any atom is 0.0863 e. The lowest BCUT2D eigenvalue weighted by Gasteiger charge is -2.68. The van der Waals surface area contributed by atoms with Crippen LogP contribution in [0.15, 0.2) is 0 Å². The topological polar surface area (TPSA) is 6.48 Å². The molecule has 0 atom stereocenters. The van der Waals surface area contributed by atoms with Gasteiger partial charge in [0.05, 0.1) is 15.5 Å². The monoisotopic (exact) mass is 470 g/mol. The maximum atomic E-state index is 3.03. The van der Waals surface area contributed by atoms with E-state index in [1.807, 2.05) is 0 Å². The Hall–Kier alpha value is 2.07. The van der Waals surface area contributed by atoms with Crippen LogP contribution in [0, 0.1) is 0 Å². The van der Waals surface area contributed by atoms with Crippen LogP contribution in [0.3, 0.4) is 0 Å². The molecular weight excluding hydrogens is 424 g/mol. The van der Waals surface area contributed by atoms with E-state index in [2.05, 4.69) is 104 Å². The van der Waals surface area contributed by atoms with Gasteiger partial charge in [-0.25, -0.2) is 0 Å². The van der Waals surface area contributed by atoms with Crippen LogP contribution in [0.4, 0.5) is 0 Å². The second-order valence-corrected chi connectivity index (χ2v) is 50.8. The summed E-state index contributed by atoms with van der Waals surface area (Å²) in [6.07, 6.45) is 0. The van der Waals surface area contributed by atoms with Crippen LogP contribution >= 0.6 is 28.6 Å². The van der Waals surface area contributed by atoms with Crippen molar-refractivity contribution in [3.8, 4) is 0 Å². The molecule has 8 heteroatoms. The van der Waals surface area contributed by atoms with Crippen molar-refractivity contribution in [2.24, 2.45) is 0 Å². The molecule has 0 aromatic rings. The van der Waals surface area contributed by atoms with Gasteiger partial charge in [0, 0.05) is 39.1 Å². The smallest absolute Gasteiger partial charge is 0.0863 e. The number of hydrogen-bond donors (Lipinski definition) is 0. The molecule has 0 radical (unpaired) electrons. The molecule has 1 rings (SSSR count). The van der Waals surface area contributed by atoms with Crippen LogP contribution in [0.2, 0.25) is 39.3 Å². The van der Waals surface area contributed by atoms with E-state index < -0.39 is 15.5 Å². The minimum atomic E-state index is -1.15. The first kappa shape index (κ1) is 26.1. The molecule has 0 spiro atoms. The van der Waals surface area contributed by atoms with E-state index in [0.717, 1.165) is 0 Å². The van der Waals surface area contributed by atoms with E-state index in [1.54, 1.807) is 0 Å². The summed E-state index contributed by atoms with van der Waals surface area (Å²) in [4.78, 5) is 0. The van der Waals surface area contributed by atoms with E-state index in [-0.39, 0.29) is 28.6 Å². The van der Waals surface area contributed by atoms with Crippen LogP contribution in [0.25, 0.3) is 0 Å². The van der Waals surface area contributed by atoms with Crippen molar-refractivity contribution in [2.45, 2.75) is 119 Å². The van der Waals surface area contributed by atoms with Crippen molar-refractivity contribution < 1.29 is 0 Å². The number of rotatable bonds is 8.